The van der Waals surface area contributed by atoms with E-state index in [1.165, 1.54) is 11.1 Å². The Morgan fingerprint density at radius 3 is 2.19 bits per heavy atom. The number of aryl methyl sites for hydroxylation is 1. The summed E-state index contributed by atoms with van der Waals surface area (Å²) in [4.78, 5) is 0. The molecule has 0 amide bonds. The van der Waals surface area contributed by atoms with Crippen molar-refractivity contribution in [1.29, 1.82) is 0 Å². The van der Waals surface area contributed by atoms with E-state index in [4.69, 9.17) is 10.5 Å². The Kier molecular flexibility index (Phi) is 5.03. The molecule has 2 rings (SSSR count). The van der Waals surface area contributed by atoms with E-state index in [-0.39, 0.29) is 12.1 Å². The molecule has 2 unspecified atom stereocenters. The van der Waals surface area contributed by atoms with Gasteiger partial charge in [0.1, 0.15) is 11.9 Å². The highest BCUT2D eigenvalue weighted by Crippen LogP contribution is 2.32. The highest BCUT2D eigenvalue weighted by atomic mass is 16.5. The van der Waals surface area contributed by atoms with Gasteiger partial charge in [-0.2, -0.15) is 0 Å². The van der Waals surface area contributed by atoms with Crippen LogP contribution in [0.2, 0.25) is 0 Å². The summed E-state index contributed by atoms with van der Waals surface area (Å²) in [5.41, 5.74) is 9.69. The second-order valence-corrected chi connectivity index (χ2v) is 6.00. The summed E-state index contributed by atoms with van der Waals surface area (Å²) in [6.07, 6.45) is -0.134. The molecule has 2 heteroatoms. The van der Waals surface area contributed by atoms with Crippen LogP contribution < -0.4 is 10.5 Å². The van der Waals surface area contributed by atoms with Crippen molar-refractivity contribution in [3.05, 3.63) is 65.2 Å². The first-order chi connectivity index (χ1) is 9.99. The Balaban J connectivity index is 2.36. The second-order valence-electron chi connectivity index (χ2n) is 6.00. The average molecular weight is 283 g/mol. The summed E-state index contributed by atoms with van der Waals surface area (Å²) in [6, 6.07) is 16.5. The Morgan fingerprint density at radius 2 is 1.62 bits per heavy atom. The summed E-state index contributed by atoms with van der Waals surface area (Å²) in [6.45, 7) is 8.44. The lowest BCUT2D eigenvalue weighted by Gasteiger charge is -2.25. The Hall–Kier alpha value is -1.80. The molecule has 2 aromatic rings. The number of nitrogens with two attached hydrogens (primary N) is 1. The van der Waals surface area contributed by atoms with Crippen LogP contribution in [0, 0.1) is 6.92 Å². The van der Waals surface area contributed by atoms with E-state index in [0.29, 0.717) is 5.92 Å². The first kappa shape index (κ1) is 15.6. The van der Waals surface area contributed by atoms with Crippen molar-refractivity contribution in [2.75, 3.05) is 0 Å². The predicted molar refractivity (Wildman–Crippen MR) is 88.7 cm³/mol. The van der Waals surface area contributed by atoms with Crippen LogP contribution in [-0.4, -0.2) is 6.04 Å². The van der Waals surface area contributed by atoms with E-state index in [1.807, 2.05) is 25.1 Å². The smallest absolute Gasteiger partial charge is 0.138 e. The maximum absolute atomic E-state index is 6.31. The fraction of sp³-hybridized carbons (Fsp3) is 0.368. The molecular weight excluding hydrogens is 258 g/mol. The van der Waals surface area contributed by atoms with Crippen LogP contribution in [0.4, 0.5) is 0 Å². The molecule has 112 valence electrons. The van der Waals surface area contributed by atoms with Gasteiger partial charge in [-0.1, -0.05) is 56.3 Å². The van der Waals surface area contributed by atoms with Crippen LogP contribution in [0.1, 0.15) is 49.5 Å². The Morgan fingerprint density at radius 1 is 0.952 bits per heavy atom. The van der Waals surface area contributed by atoms with Crippen LogP contribution >= 0.6 is 0 Å². The maximum Gasteiger partial charge on any atom is 0.138 e. The molecule has 2 aromatic carbocycles. The van der Waals surface area contributed by atoms with E-state index in [9.17, 15) is 0 Å². The molecule has 21 heavy (non-hydrogen) atoms. The topological polar surface area (TPSA) is 35.2 Å². The van der Waals surface area contributed by atoms with E-state index in [2.05, 4.69) is 51.1 Å². The molecule has 0 aliphatic carbocycles. The highest BCUT2D eigenvalue weighted by molar-refractivity contribution is 5.40. The molecule has 0 saturated heterocycles. The van der Waals surface area contributed by atoms with E-state index in [0.717, 1.165) is 11.3 Å². The van der Waals surface area contributed by atoms with Gasteiger partial charge in [-0.05, 0) is 42.5 Å². The molecule has 2 nitrogen and oxygen atoms in total. The minimum atomic E-state index is -0.134. The number of hydrogen-bond acceptors (Lipinski definition) is 2. The molecule has 2 atom stereocenters. The monoisotopic (exact) mass is 283 g/mol. The molecule has 0 spiro atoms. The van der Waals surface area contributed by atoms with Crippen LogP contribution in [0.15, 0.2) is 48.5 Å². The SMILES string of the molecule is Cc1ccc(C(C)C)c(OC(c2ccccc2)C(C)N)c1. The molecule has 0 aliphatic heterocycles. The summed E-state index contributed by atoms with van der Waals surface area (Å²) >= 11 is 0. The average Bonchev–Trinajstić information content (AvgIpc) is 2.45. The maximum atomic E-state index is 6.31. The number of ether oxygens (including phenoxy) is 1. The summed E-state index contributed by atoms with van der Waals surface area (Å²) in [7, 11) is 0. The Labute approximate surface area is 127 Å². The van der Waals surface area contributed by atoms with E-state index < -0.39 is 0 Å². The second kappa shape index (κ2) is 6.77. The lowest BCUT2D eigenvalue weighted by atomic mass is 9.99. The minimum absolute atomic E-state index is 0.0760. The van der Waals surface area contributed by atoms with E-state index >= 15 is 0 Å². The third kappa shape index (κ3) is 3.85. The normalized spacial score (nSPS) is 14.0. The molecule has 0 bridgehead atoms. The van der Waals surface area contributed by atoms with Gasteiger partial charge in [0.15, 0.2) is 0 Å². The summed E-state index contributed by atoms with van der Waals surface area (Å²) in [5, 5.41) is 0. The third-order valence-corrected chi connectivity index (χ3v) is 3.65. The molecule has 0 aliphatic rings. The number of hydrogen-bond donors (Lipinski definition) is 1. The van der Waals surface area contributed by atoms with Crippen molar-refractivity contribution < 1.29 is 4.74 Å². The zero-order valence-corrected chi connectivity index (χ0v) is 13.3. The number of benzene rings is 2. The van der Waals surface area contributed by atoms with Crippen molar-refractivity contribution in [3.8, 4) is 5.75 Å². The molecule has 0 heterocycles. The predicted octanol–water partition coefficient (Wildman–Crippen LogP) is 4.59. The van der Waals surface area contributed by atoms with Gasteiger partial charge in [-0.15, -0.1) is 0 Å². The summed E-state index contributed by atoms with van der Waals surface area (Å²) < 4.78 is 6.31. The van der Waals surface area contributed by atoms with Crippen molar-refractivity contribution in [3.63, 3.8) is 0 Å². The van der Waals surface area contributed by atoms with Gasteiger partial charge in [0.25, 0.3) is 0 Å². The van der Waals surface area contributed by atoms with Crippen LogP contribution in [0.5, 0.6) is 5.75 Å². The Bertz CT molecular complexity index is 575. The molecular formula is C19H25NO. The van der Waals surface area contributed by atoms with Crippen LogP contribution in [0.25, 0.3) is 0 Å². The first-order valence-electron chi connectivity index (χ1n) is 7.56. The summed E-state index contributed by atoms with van der Waals surface area (Å²) in [5.74, 6) is 1.36. The van der Waals surface area contributed by atoms with Gasteiger partial charge in [-0.25, -0.2) is 0 Å². The van der Waals surface area contributed by atoms with Crippen molar-refractivity contribution in [1.82, 2.24) is 0 Å². The zero-order chi connectivity index (χ0) is 15.4. The lowest BCUT2D eigenvalue weighted by Crippen LogP contribution is -2.29. The molecule has 0 saturated carbocycles. The van der Waals surface area contributed by atoms with Gasteiger partial charge in [0, 0.05) is 6.04 Å². The standard InChI is InChI=1S/C19H25NO/c1-13(2)17-11-10-14(3)12-18(17)21-19(15(4)20)16-8-6-5-7-9-16/h5-13,15,19H,20H2,1-4H3. The van der Waals surface area contributed by atoms with Gasteiger partial charge in [-0.3, -0.25) is 0 Å². The molecule has 0 fully saturated rings. The third-order valence-electron chi connectivity index (χ3n) is 3.65. The molecule has 0 aromatic heterocycles. The van der Waals surface area contributed by atoms with Gasteiger partial charge in [0.2, 0.25) is 0 Å². The van der Waals surface area contributed by atoms with Gasteiger partial charge in [0.05, 0.1) is 0 Å². The fourth-order valence-electron chi connectivity index (χ4n) is 2.48. The van der Waals surface area contributed by atoms with Crippen molar-refractivity contribution in [2.24, 2.45) is 5.73 Å². The van der Waals surface area contributed by atoms with Crippen molar-refractivity contribution in [2.45, 2.75) is 45.8 Å². The number of rotatable bonds is 5. The van der Waals surface area contributed by atoms with Gasteiger partial charge < -0.3 is 10.5 Å². The fourth-order valence-corrected chi connectivity index (χ4v) is 2.48. The largest absolute Gasteiger partial charge is 0.484 e. The lowest BCUT2D eigenvalue weighted by molar-refractivity contribution is 0.178. The first-order valence-corrected chi connectivity index (χ1v) is 7.56. The molecule has 2 N–H and O–H groups in total. The molecule has 0 radical (unpaired) electrons. The van der Waals surface area contributed by atoms with Crippen LogP contribution in [0.3, 0.4) is 0 Å². The quantitative estimate of drug-likeness (QED) is 0.871. The van der Waals surface area contributed by atoms with Gasteiger partial charge >= 0.3 is 0 Å². The minimum Gasteiger partial charge on any atom is -0.484 e. The zero-order valence-electron chi connectivity index (χ0n) is 13.3. The van der Waals surface area contributed by atoms with Crippen LogP contribution in [-0.2, 0) is 0 Å². The highest BCUT2D eigenvalue weighted by Gasteiger charge is 2.20. The van der Waals surface area contributed by atoms with E-state index in [1.54, 1.807) is 0 Å². The van der Waals surface area contributed by atoms with Crippen molar-refractivity contribution >= 4 is 0 Å².